The average molecular weight is 316 g/mol. The van der Waals surface area contributed by atoms with Crippen LogP contribution in [0.1, 0.15) is 19.4 Å². The minimum atomic E-state index is -2.45. The van der Waals surface area contributed by atoms with Crippen molar-refractivity contribution < 1.29 is 35.9 Å². The van der Waals surface area contributed by atoms with E-state index in [1.807, 2.05) is 0 Å². The van der Waals surface area contributed by atoms with Crippen LogP contribution in [0.3, 0.4) is 0 Å². The van der Waals surface area contributed by atoms with Gasteiger partial charge in [-0.25, -0.2) is 22.0 Å². The van der Waals surface area contributed by atoms with Gasteiger partial charge in [-0.15, -0.1) is 0 Å². The van der Waals surface area contributed by atoms with Crippen molar-refractivity contribution in [2.75, 3.05) is 13.2 Å². The van der Waals surface area contributed by atoms with E-state index < -0.39 is 40.6 Å². The Labute approximate surface area is 115 Å². The molecule has 0 unspecified atom stereocenters. The first kappa shape index (κ1) is 17.0. The molecular formula is C11H13F5O3Si. The minimum Gasteiger partial charge on any atom is -0.376 e. The Kier molecular flexibility index (Phi) is 5.63. The number of rotatable bonds is 6. The number of halogens is 5. The molecule has 0 heterocycles. The van der Waals surface area contributed by atoms with E-state index in [9.17, 15) is 22.0 Å². The zero-order chi connectivity index (χ0) is 15.5. The minimum absolute atomic E-state index is 0.123. The smallest absolute Gasteiger partial charge is 0.307 e. The van der Waals surface area contributed by atoms with Crippen molar-refractivity contribution in [2.45, 2.75) is 19.8 Å². The molecule has 0 saturated carbocycles. The molecule has 0 radical (unpaired) electrons. The second-order valence-corrected chi connectivity index (χ2v) is 3.98. The van der Waals surface area contributed by atoms with Gasteiger partial charge in [0, 0.05) is 13.2 Å². The van der Waals surface area contributed by atoms with Crippen LogP contribution in [0.15, 0.2) is 0 Å². The van der Waals surface area contributed by atoms with E-state index in [1.54, 1.807) is 0 Å². The van der Waals surface area contributed by atoms with Crippen molar-refractivity contribution >= 4 is 10.5 Å². The Balaban J connectivity index is 3.63. The topological polar surface area (TPSA) is 27.7 Å². The van der Waals surface area contributed by atoms with Gasteiger partial charge in [-0.05, 0) is 13.8 Å². The van der Waals surface area contributed by atoms with Gasteiger partial charge >= 0.3 is 5.97 Å². The van der Waals surface area contributed by atoms with Crippen LogP contribution in [0, 0.1) is 29.1 Å². The summed E-state index contributed by atoms with van der Waals surface area (Å²) in [6, 6.07) is 0. The molecule has 0 amide bonds. The third-order valence-electron chi connectivity index (χ3n) is 2.45. The zero-order valence-electron chi connectivity index (χ0n) is 11.0. The predicted molar refractivity (Wildman–Crippen MR) is 62.2 cm³/mol. The van der Waals surface area contributed by atoms with E-state index in [-0.39, 0.29) is 23.7 Å². The summed E-state index contributed by atoms with van der Waals surface area (Å²) in [6.45, 7) is 2.67. The standard InChI is InChI=1S/C11H13F5O3Si/c1-3-17-11(19-20,18-4-2)5-6(12)8(14)10(16)9(15)7(5)13/h3-4H2,1-2,20H3. The van der Waals surface area contributed by atoms with Crippen LogP contribution < -0.4 is 0 Å². The van der Waals surface area contributed by atoms with E-state index in [0.717, 1.165) is 0 Å². The Morgan fingerprint density at radius 1 is 0.800 bits per heavy atom. The van der Waals surface area contributed by atoms with Crippen LogP contribution in [-0.2, 0) is 19.9 Å². The van der Waals surface area contributed by atoms with Crippen LogP contribution >= 0.6 is 0 Å². The fourth-order valence-electron chi connectivity index (χ4n) is 1.66. The maximum atomic E-state index is 13.8. The summed E-state index contributed by atoms with van der Waals surface area (Å²) in [7, 11) is -0.123. The molecule has 0 saturated heterocycles. The monoisotopic (exact) mass is 316 g/mol. The molecule has 0 bridgehead atoms. The maximum Gasteiger partial charge on any atom is 0.307 e. The molecular weight excluding hydrogens is 303 g/mol. The molecule has 0 aromatic heterocycles. The normalized spacial score (nSPS) is 12.2. The highest BCUT2D eigenvalue weighted by Gasteiger charge is 2.43. The molecule has 0 aliphatic rings. The molecule has 0 spiro atoms. The molecule has 0 atom stereocenters. The zero-order valence-corrected chi connectivity index (χ0v) is 13.0. The van der Waals surface area contributed by atoms with Crippen molar-refractivity contribution in [1.82, 2.24) is 0 Å². The van der Waals surface area contributed by atoms with Gasteiger partial charge in [0.1, 0.15) is 5.56 Å². The van der Waals surface area contributed by atoms with Gasteiger partial charge in [0.05, 0.1) is 0 Å². The molecule has 3 nitrogen and oxygen atoms in total. The molecule has 20 heavy (non-hydrogen) atoms. The van der Waals surface area contributed by atoms with Gasteiger partial charge in [-0.2, -0.15) is 0 Å². The summed E-state index contributed by atoms with van der Waals surface area (Å²) in [6.07, 6.45) is 0. The molecule has 114 valence electrons. The van der Waals surface area contributed by atoms with E-state index in [4.69, 9.17) is 13.9 Å². The molecule has 0 N–H and O–H groups in total. The van der Waals surface area contributed by atoms with Crippen molar-refractivity contribution in [2.24, 2.45) is 0 Å². The Morgan fingerprint density at radius 3 is 1.45 bits per heavy atom. The Morgan fingerprint density at radius 2 is 1.15 bits per heavy atom. The molecule has 9 heteroatoms. The van der Waals surface area contributed by atoms with Crippen molar-refractivity contribution in [3.8, 4) is 0 Å². The number of benzene rings is 1. The van der Waals surface area contributed by atoms with Crippen molar-refractivity contribution in [3.63, 3.8) is 0 Å². The molecule has 0 aliphatic carbocycles. The van der Waals surface area contributed by atoms with Crippen LogP contribution in [0.5, 0.6) is 0 Å². The largest absolute Gasteiger partial charge is 0.376 e. The van der Waals surface area contributed by atoms with Gasteiger partial charge in [0.25, 0.3) is 0 Å². The maximum absolute atomic E-state index is 13.8. The Hall–Kier alpha value is -1.03. The first-order valence-electron chi connectivity index (χ1n) is 5.71. The predicted octanol–water partition coefficient (Wildman–Crippen LogP) is 1.86. The van der Waals surface area contributed by atoms with Gasteiger partial charge in [-0.3, -0.25) is 0 Å². The third-order valence-corrected chi connectivity index (χ3v) is 2.99. The van der Waals surface area contributed by atoms with Gasteiger partial charge in [0.2, 0.25) is 5.82 Å². The van der Waals surface area contributed by atoms with Crippen molar-refractivity contribution in [1.29, 1.82) is 0 Å². The van der Waals surface area contributed by atoms with Gasteiger partial charge in [-0.1, -0.05) is 0 Å². The molecule has 1 aromatic carbocycles. The summed E-state index contributed by atoms with van der Waals surface area (Å²) in [4.78, 5) is 0. The van der Waals surface area contributed by atoms with Gasteiger partial charge in [0.15, 0.2) is 33.8 Å². The molecule has 1 aromatic rings. The lowest BCUT2D eigenvalue weighted by molar-refractivity contribution is -0.355. The van der Waals surface area contributed by atoms with Gasteiger partial charge < -0.3 is 13.9 Å². The molecule has 0 aliphatic heterocycles. The quantitative estimate of drug-likeness (QED) is 0.264. The SMILES string of the molecule is CCOC(O[SiH3])(OCC)c1c(F)c(F)c(F)c(F)c1F. The summed E-state index contributed by atoms with van der Waals surface area (Å²) in [5.41, 5.74) is -1.28. The summed E-state index contributed by atoms with van der Waals surface area (Å²) in [5, 5.41) is 0. The molecule has 0 fully saturated rings. The number of hydrogen-bond donors (Lipinski definition) is 0. The second-order valence-electron chi connectivity index (χ2n) is 3.57. The average Bonchev–Trinajstić information content (AvgIpc) is 2.43. The van der Waals surface area contributed by atoms with E-state index >= 15 is 0 Å². The first-order chi connectivity index (χ1) is 9.36. The van der Waals surface area contributed by atoms with E-state index in [1.165, 1.54) is 13.8 Å². The highest BCUT2D eigenvalue weighted by Crippen LogP contribution is 2.35. The highest BCUT2D eigenvalue weighted by molar-refractivity contribution is 5.98. The highest BCUT2D eigenvalue weighted by atomic mass is 28.2. The summed E-state index contributed by atoms with van der Waals surface area (Å²) in [5.74, 6) is -12.9. The second kappa shape index (κ2) is 6.61. The fraction of sp³-hybridized carbons (Fsp3) is 0.455. The lowest BCUT2D eigenvalue weighted by Gasteiger charge is -2.32. The lowest BCUT2D eigenvalue weighted by Crippen LogP contribution is -2.38. The molecule has 1 rings (SSSR count). The van der Waals surface area contributed by atoms with Crippen molar-refractivity contribution in [3.05, 3.63) is 34.6 Å². The Bertz CT molecular complexity index is 462. The first-order valence-corrected chi connectivity index (χ1v) is 6.52. The lowest BCUT2D eigenvalue weighted by atomic mass is 10.1. The van der Waals surface area contributed by atoms with Crippen LogP contribution in [-0.4, -0.2) is 23.7 Å². The van der Waals surface area contributed by atoms with E-state index in [2.05, 4.69) is 0 Å². The summed E-state index contributed by atoms with van der Waals surface area (Å²) >= 11 is 0. The summed E-state index contributed by atoms with van der Waals surface area (Å²) < 4.78 is 81.9. The van der Waals surface area contributed by atoms with E-state index in [0.29, 0.717) is 0 Å². The number of hydrogen-bond acceptors (Lipinski definition) is 3. The van der Waals surface area contributed by atoms with Crippen LogP contribution in [0.4, 0.5) is 22.0 Å². The number of ether oxygens (including phenoxy) is 2. The van der Waals surface area contributed by atoms with Crippen LogP contribution in [0.2, 0.25) is 0 Å². The van der Waals surface area contributed by atoms with Crippen LogP contribution in [0.25, 0.3) is 0 Å². The third kappa shape index (κ3) is 2.71. The fourth-order valence-corrected chi connectivity index (χ4v) is 2.10.